The lowest BCUT2D eigenvalue weighted by molar-refractivity contribution is 0.0786. The van der Waals surface area contributed by atoms with Crippen molar-refractivity contribution in [3.8, 4) is 0 Å². The Morgan fingerprint density at radius 3 is 2.39 bits per heavy atom. The first-order valence-electron chi connectivity index (χ1n) is 5.90. The van der Waals surface area contributed by atoms with Gasteiger partial charge in [0.25, 0.3) is 5.91 Å². The van der Waals surface area contributed by atoms with Gasteiger partial charge >= 0.3 is 0 Å². The monoisotopic (exact) mass is 254 g/mol. The van der Waals surface area contributed by atoms with Gasteiger partial charge in [-0.05, 0) is 30.4 Å². The highest BCUT2D eigenvalue weighted by molar-refractivity contribution is 5.94. The Balaban J connectivity index is 2.13. The highest BCUT2D eigenvalue weighted by atomic mass is 19.1. The Bertz CT molecular complexity index is 467. The van der Waals surface area contributed by atoms with Gasteiger partial charge in [0.1, 0.15) is 17.3 Å². The van der Waals surface area contributed by atoms with E-state index < -0.39 is 17.3 Å². The van der Waals surface area contributed by atoms with Crippen LogP contribution in [0, 0.1) is 23.5 Å². The van der Waals surface area contributed by atoms with Crippen molar-refractivity contribution in [2.24, 2.45) is 11.8 Å². The van der Waals surface area contributed by atoms with Crippen LogP contribution in [0.15, 0.2) is 12.1 Å². The SMILES string of the molecule is CC1CC1CN(C)C(=O)c1cc(F)c(N)c(F)c1. The van der Waals surface area contributed by atoms with Crippen molar-refractivity contribution in [3.05, 3.63) is 29.3 Å². The second-order valence-electron chi connectivity index (χ2n) is 5.01. The summed E-state index contributed by atoms with van der Waals surface area (Å²) >= 11 is 0. The predicted molar refractivity (Wildman–Crippen MR) is 65.0 cm³/mol. The molecule has 0 saturated heterocycles. The minimum atomic E-state index is -0.897. The molecule has 0 heterocycles. The number of carbonyl (C=O) groups excluding carboxylic acids is 1. The number of anilines is 1. The molecule has 5 heteroatoms. The Morgan fingerprint density at radius 2 is 1.94 bits per heavy atom. The molecule has 0 spiro atoms. The molecule has 1 aromatic rings. The lowest BCUT2D eigenvalue weighted by Crippen LogP contribution is -2.29. The number of nitrogens with zero attached hydrogens (tertiary/aromatic N) is 1. The van der Waals surface area contributed by atoms with E-state index in [9.17, 15) is 13.6 Å². The van der Waals surface area contributed by atoms with Crippen LogP contribution in [0.1, 0.15) is 23.7 Å². The first kappa shape index (κ1) is 12.8. The standard InChI is InChI=1S/C13H16F2N2O/c1-7-3-9(7)6-17(2)13(18)8-4-10(14)12(16)11(15)5-8/h4-5,7,9H,3,6,16H2,1-2H3. The van der Waals surface area contributed by atoms with Crippen LogP contribution < -0.4 is 5.73 Å². The van der Waals surface area contributed by atoms with Crippen molar-refractivity contribution in [2.75, 3.05) is 19.3 Å². The number of nitrogen functional groups attached to an aromatic ring is 1. The third-order valence-electron chi connectivity index (χ3n) is 3.46. The zero-order valence-corrected chi connectivity index (χ0v) is 10.4. The molecule has 3 nitrogen and oxygen atoms in total. The lowest BCUT2D eigenvalue weighted by atomic mass is 10.1. The summed E-state index contributed by atoms with van der Waals surface area (Å²) in [7, 11) is 1.64. The summed E-state index contributed by atoms with van der Waals surface area (Å²) in [5.41, 5.74) is 4.61. The number of nitrogens with two attached hydrogens (primary N) is 1. The normalized spacial score (nSPS) is 21.8. The summed E-state index contributed by atoms with van der Waals surface area (Å²) in [5.74, 6) is -1.05. The fourth-order valence-electron chi connectivity index (χ4n) is 2.02. The van der Waals surface area contributed by atoms with Gasteiger partial charge in [0.2, 0.25) is 0 Å². The van der Waals surface area contributed by atoms with Gasteiger partial charge in [-0.1, -0.05) is 6.92 Å². The maximum Gasteiger partial charge on any atom is 0.253 e. The number of rotatable bonds is 3. The molecule has 0 aromatic heterocycles. The minimum absolute atomic E-state index is 0.00463. The first-order valence-corrected chi connectivity index (χ1v) is 5.90. The number of halogens is 2. The molecule has 2 N–H and O–H groups in total. The zero-order valence-electron chi connectivity index (χ0n) is 10.4. The van der Waals surface area contributed by atoms with Crippen LogP contribution in [0.25, 0.3) is 0 Å². The van der Waals surface area contributed by atoms with E-state index in [0.29, 0.717) is 18.4 Å². The second kappa shape index (κ2) is 4.55. The Kier molecular flexibility index (Phi) is 3.24. The smallest absolute Gasteiger partial charge is 0.253 e. The molecule has 0 bridgehead atoms. The summed E-state index contributed by atoms with van der Waals surface area (Å²) in [4.78, 5) is 13.5. The molecule has 1 fully saturated rings. The van der Waals surface area contributed by atoms with Gasteiger partial charge in [0.15, 0.2) is 0 Å². The molecule has 2 atom stereocenters. The van der Waals surface area contributed by atoms with Crippen LogP contribution in [0.4, 0.5) is 14.5 Å². The van der Waals surface area contributed by atoms with E-state index in [0.717, 1.165) is 18.6 Å². The van der Waals surface area contributed by atoms with Crippen molar-refractivity contribution < 1.29 is 13.6 Å². The zero-order chi connectivity index (χ0) is 13.4. The molecule has 1 aromatic carbocycles. The molecular formula is C13H16F2N2O. The molecule has 2 rings (SSSR count). The van der Waals surface area contributed by atoms with Crippen LogP contribution >= 0.6 is 0 Å². The molecule has 2 unspecified atom stereocenters. The van der Waals surface area contributed by atoms with Crippen molar-refractivity contribution >= 4 is 11.6 Å². The predicted octanol–water partition coefficient (Wildman–Crippen LogP) is 2.28. The Morgan fingerprint density at radius 1 is 1.44 bits per heavy atom. The van der Waals surface area contributed by atoms with Gasteiger partial charge in [-0.2, -0.15) is 0 Å². The third kappa shape index (κ3) is 2.44. The van der Waals surface area contributed by atoms with E-state index in [1.54, 1.807) is 7.05 Å². The fraction of sp³-hybridized carbons (Fsp3) is 0.462. The number of benzene rings is 1. The van der Waals surface area contributed by atoms with Crippen LogP contribution in [0.5, 0.6) is 0 Å². The van der Waals surface area contributed by atoms with E-state index >= 15 is 0 Å². The quantitative estimate of drug-likeness (QED) is 0.841. The summed E-state index contributed by atoms with van der Waals surface area (Å²) in [6.07, 6.45) is 1.10. The molecule has 98 valence electrons. The van der Waals surface area contributed by atoms with Crippen LogP contribution in [0.3, 0.4) is 0 Å². The van der Waals surface area contributed by atoms with Gasteiger partial charge in [0, 0.05) is 19.2 Å². The van der Waals surface area contributed by atoms with Gasteiger partial charge in [0.05, 0.1) is 0 Å². The van der Waals surface area contributed by atoms with E-state index in [2.05, 4.69) is 6.92 Å². The Hall–Kier alpha value is -1.65. The van der Waals surface area contributed by atoms with Gasteiger partial charge in [-0.3, -0.25) is 4.79 Å². The van der Waals surface area contributed by atoms with E-state index in [1.165, 1.54) is 4.90 Å². The van der Waals surface area contributed by atoms with Crippen LogP contribution in [-0.4, -0.2) is 24.4 Å². The largest absolute Gasteiger partial charge is 0.394 e. The summed E-state index contributed by atoms with van der Waals surface area (Å²) in [6, 6.07) is 1.96. The molecule has 0 radical (unpaired) electrons. The first-order chi connectivity index (χ1) is 8.40. The maximum atomic E-state index is 13.3. The van der Waals surface area contributed by atoms with Crippen molar-refractivity contribution in [3.63, 3.8) is 0 Å². The second-order valence-corrected chi connectivity index (χ2v) is 5.01. The van der Waals surface area contributed by atoms with E-state index in [-0.39, 0.29) is 11.5 Å². The minimum Gasteiger partial charge on any atom is -0.394 e. The number of carbonyl (C=O) groups is 1. The average Bonchev–Trinajstić information content (AvgIpc) is 3.00. The average molecular weight is 254 g/mol. The van der Waals surface area contributed by atoms with E-state index in [4.69, 9.17) is 5.73 Å². The Labute approximate surface area is 105 Å². The molecule has 1 saturated carbocycles. The number of amides is 1. The van der Waals surface area contributed by atoms with E-state index in [1.807, 2.05) is 0 Å². The molecule has 18 heavy (non-hydrogen) atoms. The van der Waals surface area contributed by atoms with Gasteiger partial charge < -0.3 is 10.6 Å². The molecule has 1 aliphatic rings. The molecular weight excluding hydrogens is 238 g/mol. The molecule has 0 aliphatic heterocycles. The highest BCUT2D eigenvalue weighted by Gasteiger charge is 2.34. The number of hydrogen-bond donors (Lipinski definition) is 1. The van der Waals surface area contributed by atoms with Crippen molar-refractivity contribution in [2.45, 2.75) is 13.3 Å². The highest BCUT2D eigenvalue weighted by Crippen LogP contribution is 2.38. The topological polar surface area (TPSA) is 46.3 Å². The molecule has 1 amide bonds. The summed E-state index contributed by atoms with van der Waals surface area (Å²) in [5, 5.41) is 0. The van der Waals surface area contributed by atoms with Crippen LogP contribution in [0.2, 0.25) is 0 Å². The third-order valence-corrected chi connectivity index (χ3v) is 3.46. The van der Waals surface area contributed by atoms with Crippen LogP contribution in [-0.2, 0) is 0 Å². The van der Waals surface area contributed by atoms with Crippen molar-refractivity contribution in [1.29, 1.82) is 0 Å². The van der Waals surface area contributed by atoms with Gasteiger partial charge in [-0.25, -0.2) is 8.78 Å². The maximum absolute atomic E-state index is 13.3. The lowest BCUT2D eigenvalue weighted by Gasteiger charge is -2.17. The van der Waals surface area contributed by atoms with Gasteiger partial charge in [-0.15, -0.1) is 0 Å². The summed E-state index contributed by atoms with van der Waals surface area (Å²) in [6.45, 7) is 2.74. The summed E-state index contributed by atoms with van der Waals surface area (Å²) < 4.78 is 26.5. The fourth-order valence-corrected chi connectivity index (χ4v) is 2.02. The number of hydrogen-bond acceptors (Lipinski definition) is 2. The van der Waals surface area contributed by atoms with Crippen molar-refractivity contribution in [1.82, 2.24) is 4.90 Å². The molecule has 1 aliphatic carbocycles.